The highest BCUT2D eigenvalue weighted by atomic mass is 32.1. The molecule has 35 heavy (non-hydrogen) atoms. The van der Waals surface area contributed by atoms with Crippen molar-refractivity contribution in [3.8, 4) is 0 Å². The SMILES string of the molecule is O=C(Nc1ccc(F)cc1)Nc1nc2ccc([C@](O)(C(=O)NC3CCCOC3)C(F)(F)F)cc2s1. The number of urea groups is 1. The summed E-state index contributed by atoms with van der Waals surface area (Å²) in [6, 6.07) is 6.88. The highest BCUT2D eigenvalue weighted by Gasteiger charge is 2.61. The molecule has 0 saturated carbocycles. The molecule has 8 nitrogen and oxygen atoms in total. The number of anilines is 2. The average Bonchev–Trinajstić information content (AvgIpc) is 3.21. The number of halogens is 4. The van der Waals surface area contributed by atoms with Crippen LogP contribution in [0.3, 0.4) is 0 Å². The molecule has 1 aliphatic heterocycles. The van der Waals surface area contributed by atoms with E-state index in [-0.39, 0.29) is 22.0 Å². The number of hydrogen-bond donors (Lipinski definition) is 4. The van der Waals surface area contributed by atoms with E-state index in [0.29, 0.717) is 25.1 Å². The molecule has 1 aliphatic rings. The summed E-state index contributed by atoms with van der Waals surface area (Å²) in [5, 5.41) is 17.8. The number of carbonyl (C=O) groups excluding carboxylic acids is 2. The molecule has 1 aromatic heterocycles. The van der Waals surface area contributed by atoms with Crippen LogP contribution in [0.25, 0.3) is 10.2 Å². The normalized spacial score (nSPS) is 18.0. The number of aromatic nitrogens is 1. The highest BCUT2D eigenvalue weighted by molar-refractivity contribution is 7.22. The van der Waals surface area contributed by atoms with Crippen molar-refractivity contribution < 1.29 is 37.0 Å². The summed E-state index contributed by atoms with van der Waals surface area (Å²) < 4.78 is 60.3. The van der Waals surface area contributed by atoms with Crippen LogP contribution in [0.15, 0.2) is 42.5 Å². The minimum Gasteiger partial charge on any atom is -0.379 e. The number of nitrogens with one attached hydrogen (secondary N) is 3. The lowest BCUT2D eigenvalue weighted by molar-refractivity contribution is -0.257. The number of nitrogens with zero attached hydrogens (tertiary/aromatic N) is 1. The molecule has 186 valence electrons. The van der Waals surface area contributed by atoms with Crippen LogP contribution in [0, 0.1) is 5.82 Å². The molecular weight excluding hydrogens is 492 g/mol. The van der Waals surface area contributed by atoms with Gasteiger partial charge in [0.1, 0.15) is 5.82 Å². The molecule has 3 aromatic rings. The summed E-state index contributed by atoms with van der Waals surface area (Å²) in [5.41, 5.74) is -3.91. The van der Waals surface area contributed by atoms with Crippen molar-refractivity contribution in [3.05, 3.63) is 53.8 Å². The fraction of sp³-hybridized carbons (Fsp3) is 0.318. The molecule has 1 saturated heterocycles. The first-order chi connectivity index (χ1) is 16.6. The molecular formula is C22H20F4N4O4S. The van der Waals surface area contributed by atoms with Crippen LogP contribution in [-0.4, -0.2) is 47.5 Å². The Balaban J connectivity index is 1.55. The van der Waals surface area contributed by atoms with E-state index in [2.05, 4.69) is 20.9 Å². The van der Waals surface area contributed by atoms with Gasteiger partial charge in [-0.05, 0) is 49.2 Å². The maximum atomic E-state index is 14.0. The van der Waals surface area contributed by atoms with Crippen LogP contribution < -0.4 is 16.0 Å². The van der Waals surface area contributed by atoms with Crippen molar-refractivity contribution in [2.24, 2.45) is 0 Å². The van der Waals surface area contributed by atoms with Gasteiger partial charge in [-0.3, -0.25) is 10.1 Å². The van der Waals surface area contributed by atoms with Gasteiger partial charge in [0, 0.05) is 17.9 Å². The van der Waals surface area contributed by atoms with Crippen LogP contribution in [0.1, 0.15) is 18.4 Å². The number of thiazole rings is 1. The van der Waals surface area contributed by atoms with Gasteiger partial charge in [0.15, 0.2) is 5.13 Å². The van der Waals surface area contributed by atoms with E-state index in [9.17, 15) is 32.3 Å². The lowest BCUT2D eigenvalue weighted by Gasteiger charge is -2.32. The highest BCUT2D eigenvalue weighted by Crippen LogP contribution is 2.41. The van der Waals surface area contributed by atoms with Crippen molar-refractivity contribution in [2.75, 3.05) is 23.8 Å². The van der Waals surface area contributed by atoms with Crippen LogP contribution >= 0.6 is 11.3 Å². The number of aliphatic hydroxyl groups is 1. The van der Waals surface area contributed by atoms with Gasteiger partial charge in [0.25, 0.3) is 11.5 Å². The molecule has 1 unspecified atom stereocenters. The summed E-state index contributed by atoms with van der Waals surface area (Å²) in [4.78, 5) is 28.9. The quantitative estimate of drug-likeness (QED) is 0.384. The smallest absolute Gasteiger partial charge is 0.379 e. The molecule has 4 N–H and O–H groups in total. The second-order valence-electron chi connectivity index (χ2n) is 7.88. The third kappa shape index (κ3) is 5.36. The minimum atomic E-state index is -5.30. The van der Waals surface area contributed by atoms with E-state index in [1.807, 2.05) is 0 Å². The van der Waals surface area contributed by atoms with Crippen molar-refractivity contribution >= 4 is 44.3 Å². The van der Waals surface area contributed by atoms with E-state index in [1.165, 1.54) is 18.2 Å². The zero-order valence-corrected chi connectivity index (χ0v) is 18.8. The Bertz CT molecular complexity index is 1230. The lowest BCUT2D eigenvalue weighted by Crippen LogP contribution is -2.57. The van der Waals surface area contributed by atoms with Crippen LogP contribution in [-0.2, 0) is 15.1 Å². The summed E-state index contributed by atoms with van der Waals surface area (Å²) in [7, 11) is 0. The number of fused-ring (bicyclic) bond motifs is 1. The van der Waals surface area contributed by atoms with Gasteiger partial charge < -0.3 is 20.5 Å². The predicted octanol–water partition coefficient (Wildman–Crippen LogP) is 4.12. The third-order valence-corrected chi connectivity index (χ3v) is 6.30. The number of rotatable bonds is 5. The van der Waals surface area contributed by atoms with E-state index in [0.717, 1.165) is 35.6 Å². The van der Waals surface area contributed by atoms with E-state index < -0.39 is 41.1 Å². The van der Waals surface area contributed by atoms with Crippen LogP contribution in [0.5, 0.6) is 0 Å². The van der Waals surface area contributed by atoms with Crippen molar-refractivity contribution in [1.29, 1.82) is 0 Å². The molecule has 1 fully saturated rings. The van der Waals surface area contributed by atoms with Crippen molar-refractivity contribution in [3.63, 3.8) is 0 Å². The Morgan fingerprint density at radius 2 is 1.86 bits per heavy atom. The average molecular weight is 512 g/mol. The molecule has 2 heterocycles. The zero-order chi connectivity index (χ0) is 25.2. The number of amides is 3. The molecule has 0 radical (unpaired) electrons. The van der Waals surface area contributed by atoms with Gasteiger partial charge in [0.05, 0.1) is 22.9 Å². The lowest BCUT2D eigenvalue weighted by atomic mass is 9.91. The Hall–Kier alpha value is -3.29. The van der Waals surface area contributed by atoms with E-state index in [4.69, 9.17) is 4.74 Å². The first-order valence-corrected chi connectivity index (χ1v) is 11.3. The fourth-order valence-electron chi connectivity index (χ4n) is 3.56. The number of ether oxygens (including phenoxy) is 1. The van der Waals surface area contributed by atoms with Gasteiger partial charge >= 0.3 is 12.2 Å². The molecule has 0 spiro atoms. The van der Waals surface area contributed by atoms with Gasteiger partial charge in [-0.25, -0.2) is 14.2 Å². The number of carbonyl (C=O) groups is 2. The Kier molecular flexibility index (Phi) is 6.92. The Labute approximate surface area is 200 Å². The van der Waals surface area contributed by atoms with Gasteiger partial charge in [-0.2, -0.15) is 13.2 Å². The van der Waals surface area contributed by atoms with Gasteiger partial charge in [0.2, 0.25) is 0 Å². The van der Waals surface area contributed by atoms with Crippen LogP contribution in [0.4, 0.5) is 33.2 Å². The molecule has 3 amide bonds. The molecule has 4 rings (SSSR count). The van der Waals surface area contributed by atoms with E-state index in [1.54, 1.807) is 0 Å². The van der Waals surface area contributed by atoms with Crippen LogP contribution in [0.2, 0.25) is 0 Å². The topological polar surface area (TPSA) is 113 Å². The molecule has 13 heteroatoms. The minimum absolute atomic E-state index is 0.0581. The molecule has 0 aliphatic carbocycles. The Morgan fingerprint density at radius 1 is 1.11 bits per heavy atom. The first kappa shape index (κ1) is 24.8. The number of alkyl halides is 3. The summed E-state index contributed by atoms with van der Waals surface area (Å²) in [6.07, 6.45) is -4.30. The first-order valence-electron chi connectivity index (χ1n) is 10.5. The summed E-state index contributed by atoms with van der Waals surface area (Å²) in [5.74, 6) is -2.07. The second kappa shape index (κ2) is 9.76. The predicted molar refractivity (Wildman–Crippen MR) is 121 cm³/mol. The van der Waals surface area contributed by atoms with Crippen molar-refractivity contribution in [1.82, 2.24) is 10.3 Å². The third-order valence-electron chi connectivity index (χ3n) is 5.36. The largest absolute Gasteiger partial charge is 0.430 e. The monoisotopic (exact) mass is 512 g/mol. The maximum Gasteiger partial charge on any atom is 0.430 e. The summed E-state index contributed by atoms with van der Waals surface area (Å²) in [6.45, 7) is 0.513. The zero-order valence-electron chi connectivity index (χ0n) is 18.0. The maximum absolute atomic E-state index is 14.0. The Morgan fingerprint density at radius 3 is 2.51 bits per heavy atom. The standard InChI is InChI=1S/C22H20F4N4O4S/c23-13-4-6-14(7-5-13)28-19(32)30-20-29-16-8-3-12(10-17(16)35-20)21(33,22(24,25)26)18(31)27-15-2-1-9-34-11-15/h3-8,10,15,33H,1-2,9,11H2,(H,27,31)(H2,28,29,30,32)/t15?,21-/m0/s1. The fourth-order valence-corrected chi connectivity index (χ4v) is 4.46. The number of benzene rings is 2. The molecule has 2 atom stereocenters. The molecule has 0 bridgehead atoms. The second-order valence-corrected chi connectivity index (χ2v) is 8.91. The van der Waals surface area contributed by atoms with E-state index >= 15 is 0 Å². The van der Waals surface area contributed by atoms with Gasteiger partial charge in [-0.15, -0.1) is 0 Å². The van der Waals surface area contributed by atoms with Gasteiger partial charge in [-0.1, -0.05) is 17.4 Å². The summed E-state index contributed by atoms with van der Waals surface area (Å²) >= 11 is 0.854. The number of hydrogen-bond acceptors (Lipinski definition) is 6. The molecule has 2 aromatic carbocycles. The van der Waals surface area contributed by atoms with Crippen molar-refractivity contribution in [2.45, 2.75) is 30.7 Å².